The highest BCUT2D eigenvalue weighted by Crippen LogP contribution is 2.31. The maximum atomic E-state index is 13.0. The van der Waals surface area contributed by atoms with E-state index in [1.54, 1.807) is 12.1 Å². The number of alkyl halides is 3. The number of hydrogen-bond donors (Lipinski definition) is 4. The molecule has 2 unspecified atom stereocenters. The van der Waals surface area contributed by atoms with Crippen LogP contribution in [-0.2, 0) is 20.9 Å². The van der Waals surface area contributed by atoms with Gasteiger partial charge in [0.25, 0.3) is 11.8 Å². The van der Waals surface area contributed by atoms with Crippen LogP contribution in [0.4, 0.5) is 24.5 Å². The fraction of sp³-hybridized carbons (Fsp3) is 0.273. The van der Waals surface area contributed by atoms with Crippen LogP contribution in [0.1, 0.15) is 21.5 Å². The lowest BCUT2D eigenvalue weighted by atomic mass is 10.1. The number of ether oxygens (including phenoxy) is 2. The number of aliphatic hydroxyl groups is 1. The summed E-state index contributed by atoms with van der Waals surface area (Å²) in [6.07, 6.45) is -8.72. The van der Waals surface area contributed by atoms with Crippen LogP contribution in [0, 0.1) is 0 Å². The van der Waals surface area contributed by atoms with E-state index in [9.17, 15) is 37.8 Å². The van der Waals surface area contributed by atoms with Gasteiger partial charge >= 0.3 is 12.3 Å². The molecule has 0 spiro atoms. The molecule has 2 aliphatic rings. The molecule has 5 N–H and O–H groups in total. The van der Waals surface area contributed by atoms with E-state index in [1.165, 1.54) is 6.07 Å². The molecule has 4 rings (SSSR count). The van der Waals surface area contributed by atoms with Crippen LogP contribution < -0.4 is 20.7 Å². The van der Waals surface area contributed by atoms with Crippen molar-refractivity contribution in [3.8, 4) is 5.75 Å². The molecule has 2 amide bonds. The fourth-order valence-electron chi connectivity index (χ4n) is 3.85. The van der Waals surface area contributed by atoms with Gasteiger partial charge in [0.15, 0.2) is 12.2 Å². The minimum absolute atomic E-state index is 0.171. The number of nitrogens with two attached hydrogens (primary N) is 1. The number of morpholine rings is 1. The molecule has 14 heteroatoms. The standard InChI is InChI=1S/C22H19F3N4O7/c23-22(24,25)36-12-2-4-15(14(8-12)21(33)34)29-5-6-35-17(20(29)32)16(30)19(31)28-11-1-3-13-10(7-11)9-27-18(13)26/h1-4,7-8,16-17,30H,5-6,9H2,(H2,26,27)(H,28,31)(H,33,34). The highest BCUT2D eigenvalue weighted by Gasteiger charge is 2.40. The number of anilines is 2. The predicted molar refractivity (Wildman–Crippen MR) is 118 cm³/mol. The first kappa shape index (κ1) is 24.9. The number of nitrogens with zero attached hydrogens (tertiary/aromatic N) is 2. The van der Waals surface area contributed by atoms with Gasteiger partial charge in [0.2, 0.25) is 0 Å². The molecular formula is C22H19F3N4O7. The summed E-state index contributed by atoms with van der Waals surface area (Å²) in [4.78, 5) is 42.3. The Morgan fingerprint density at radius 1 is 1.25 bits per heavy atom. The number of nitrogens with one attached hydrogen (secondary N) is 1. The van der Waals surface area contributed by atoms with Gasteiger partial charge in [-0.1, -0.05) is 0 Å². The van der Waals surface area contributed by atoms with Crippen molar-refractivity contribution in [3.05, 3.63) is 53.1 Å². The molecule has 2 atom stereocenters. The summed E-state index contributed by atoms with van der Waals surface area (Å²) < 4.78 is 46.6. The average molecular weight is 508 g/mol. The maximum absolute atomic E-state index is 13.0. The van der Waals surface area contributed by atoms with Gasteiger partial charge in [-0.25, -0.2) is 4.79 Å². The van der Waals surface area contributed by atoms with Crippen LogP contribution in [0.25, 0.3) is 0 Å². The maximum Gasteiger partial charge on any atom is 0.573 e. The van der Waals surface area contributed by atoms with E-state index in [-0.39, 0.29) is 18.8 Å². The number of carbonyl (C=O) groups excluding carboxylic acids is 2. The average Bonchev–Trinajstić information content (AvgIpc) is 3.17. The van der Waals surface area contributed by atoms with Crippen LogP contribution in [-0.4, -0.2) is 65.6 Å². The van der Waals surface area contributed by atoms with Crippen molar-refractivity contribution >= 4 is 35.0 Å². The largest absolute Gasteiger partial charge is 0.573 e. The summed E-state index contributed by atoms with van der Waals surface area (Å²) in [5.41, 5.74) is 6.65. The van der Waals surface area contributed by atoms with Crippen LogP contribution in [0.5, 0.6) is 5.75 Å². The van der Waals surface area contributed by atoms with Gasteiger partial charge in [-0.15, -0.1) is 13.2 Å². The van der Waals surface area contributed by atoms with Crippen molar-refractivity contribution in [2.75, 3.05) is 23.4 Å². The van der Waals surface area contributed by atoms with E-state index in [4.69, 9.17) is 10.5 Å². The molecule has 0 radical (unpaired) electrons. The molecule has 1 fully saturated rings. The number of fused-ring (bicyclic) bond motifs is 1. The summed E-state index contributed by atoms with van der Waals surface area (Å²) in [5, 5.41) is 22.5. The molecule has 0 aliphatic carbocycles. The van der Waals surface area contributed by atoms with Crippen molar-refractivity contribution in [1.82, 2.24) is 0 Å². The molecule has 0 aromatic heterocycles. The normalized spacial score (nSPS) is 18.3. The zero-order chi connectivity index (χ0) is 26.2. The molecule has 2 aromatic carbocycles. The van der Waals surface area contributed by atoms with Crippen molar-refractivity contribution in [1.29, 1.82) is 0 Å². The number of hydrogen-bond acceptors (Lipinski definition) is 8. The first-order valence-electron chi connectivity index (χ1n) is 10.4. The first-order valence-corrected chi connectivity index (χ1v) is 10.4. The van der Waals surface area contributed by atoms with Crippen molar-refractivity contribution < 1.29 is 47.2 Å². The Balaban J connectivity index is 1.51. The lowest BCUT2D eigenvalue weighted by Crippen LogP contribution is -2.55. The molecule has 1 saturated heterocycles. The third kappa shape index (κ3) is 5.08. The predicted octanol–water partition coefficient (Wildman–Crippen LogP) is 1.23. The van der Waals surface area contributed by atoms with E-state index in [2.05, 4.69) is 15.0 Å². The highest BCUT2D eigenvalue weighted by molar-refractivity contribution is 6.07. The second kappa shape index (κ2) is 9.47. The van der Waals surface area contributed by atoms with Crippen molar-refractivity contribution in [3.63, 3.8) is 0 Å². The molecule has 2 aromatic rings. The molecule has 0 saturated carbocycles. The van der Waals surface area contributed by atoms with Gasteiger partial charge in [-0.05, 0) is 42.0 Å². The highest BCUT2D eigenvalue weighted by atomic mass is 19.4. The summed E-state index contributed by atoms with van der Waals surface area (Å²) >= 11 is 0. The number of amidine groups is 1. The molecule has 0 bridgehead atoms. The quantitative estimate of drug-likeness (QED) is 0.453. The van der Waals surface area contributed by atoms with Gasteiger partial charge in [0, 0.05) is 17.8 Å². The van der Waals surface area contributed by atoms with Crippen LogP contribution >= 0.6 is 0 Å². The lowest BCUT2D eigenvalue weighted by Gasteiger charge is -2.34. The minimum Gasteiger partial charge on any atom is -0.478 e. The third-order valence-corrected chi connectivity index (χ3v) is 5.47. The summed E-state index contributed by atoms with van der Waals surface area (Å²) in [7, 11) is 0. The SMILES string of the molecule is NC1=NCc2cc(NC(=O)C(O)C3OCCN(c4ccc(OC(F)(F)F)cc4C(=O)O)C3=O)ccc21. The summed E-state index contributed by atoms with van der Waals surface area (Å²) in [5.74, 6) is -3.96. The minimum atomic E-state index is -5.05. The Hall–Kier alpha value is -4.17. The van der Waals surface area contributed by atoms with E-state index in [0.29, 0.717) is 24.1 Å². The Labute approximate surface area is 200 Å². The van der Waals surface area contributed by atoms with Gasteiger partial charge in [-0.2, -0.15) is 0 Å². The number of halogens is 3. The van der Waals surface area contributed by atoms with Gasteiger partial charge in [-0.3, -0.25) is 14.6 Å². The van der Waals surface area contributed by atoms with Crippen LogP contribution in [0.15, 0.2) is 41.4 Å². The number of carbonyl (C=O) groups is 3. The fourth-order valence-corrected chi connectivity index (χ4v) is 3.85. The number of rotatable bonds is 6. The van der Waals surface area contributed by atoms with Crippen LogP contribution in [0.3, 0.4) is 0 Å². The number of aliphatic hydroxyl groups excluding tert-OH is 1. The molecule has 190 valence electrons. The van der Waals surface area contributed by atoms with E-state index < -0.39 is 47.7 Å². The number of aromatic carboxylic acids is 1. The Kier molecular flexibility index (Phi) is 6.56. The van der Waals surface area contributed by atoms with E-state index in [1.807, 2.05) is 0 Å². The number of benzene rings is 2. The zero-order valence-corrected chi connectivity index (χ0v) is 18.3. The topological polar surface area (TPSA) is 164 Å². The molecule has 2 heterocycles. The monoisotopic (exact) mass is 508 g/mol. The smallest absolute Gasteiger partial charge is 0.478 e. The number of carboxylic acids is 1. The summed E-state index contributed by atoms with van der Waals surface area (Å²) in [6.45, 7) is -0.0307. The second-order valence-corrected chi connectivity index (χ2v) is 7.82. The molecule has 36 heavy (non-hydrogen) atoms. The molecule has 2 aliphatic heterocycles. The van der Waals surface area contributed by atoms with Crippen LogP contribution in [0.2, 0.25) is 0 Å². The Morgan fingerprint density at radius 2 is 2.00 bits per heavy atom. The third-order valence-electron chi connectivity index (χ3n) is 5.47. The first-order chi connectivity index (χ1) is 16.9. The van der Waals surface area contributed by atoms with Gasteiger partial charge in [0.1, 0.15) is 11.6 Å². The number of amides is 2. The van der Waals surface area contributed by atoms with E-state index in [0.717, 1.165) is 28.2 Å². The Morgan fingerprint density at radius 3 is 2.69 bits per heavy atom. The number of carboxylic acid groups (broad SMARTS) is 1. The van der Waals surface area contributed by atoms with Gasteiger partial charge in [0.05, 0.1) is 24.4 Å². The molecule has 11 nitrogen and oxygen atoms in total. The van der Waals surface area contributed by atoms with Gasteiger partial charge < -0.3 is 35.6 Å². The second-order valence-electron chi connectivity index (χ2n) is 7.82. The lowest BCUT2D eigenvalue weighted by molar-refractivity contribution is -0.274. The summed E-state index contributed by atoms with van der Waals surface area (Å²) in [6, 6.07) is 7.23. The van der Waals surface area contributed by atoms with Crippen molar-refractivity contribution in [2.45, 2.75) is 25.1 Å². The van der Waals surface area contributed by atoms with Crippen molar-refractivity contribution in [2.24, 2.45) is 10.7 Å². The molecular weight excluding hydrogens is 489 g/mol. The zero-order valence-electron chi connectivity index (χ0n) is 18.3. The van der Waals surface area contributed by atoms with E-state index >= 15 is 0 Å². The number of aliphatic imine (C=N–C) groups is 1. The Bertz CT molecular complexity index is 1260.